The van der Waals surface area contributed by atoms with Gasteiger partial charge in [0, 0.05) is 15.6 Å². The second-order valence-corrected chi connectivity index (χ2v) is 13.5. The Morgan fingerprint density at radius 2 is 1.72 bits per heavy atom. The molecular formula is C15H25ClSSi. The minimum absolute atomic E-state index is 0.795. The van der Waals surface area contributed by atoms with Crippen LogP contribution >= 0.6 is 23.4 Å². The summed E-state index contributed by atoms with van der Waals surface area (Å²) >= 11 is 7.85. The van der Waals surface area contributed by atoms with Crippen LogP contribution in [0, 0.1) is 6.92 Å². The van der Waals surface area contributed by atoms with E-state index in [9.17, 15) is 0 Å². The van der Waals surface area contributed by atoms with Crippen molar-refractivity contribution >= 4 is 31.4 Å². The molecule has 0 N–H and O–H groups in total. The maximum Gasteiger partial charge on any atom is 0.0591 e. The van der Waals surface area contributed by atoms with Gasteiger partial charge < -0.3 is 0 Å². The van der Waals surface area contributed by atoms with E-state index in [2.05, 4.69) is 62.6 Å². The maximum absolute atomic E-state index is 5.78. The molecule has 0 spiro atoms. The standard InChI is InChI=1S/C15H25ClSSi/c1-13-8-10-14(11-9-13)17-15(18(2,3)4)7-5-6-12-16/h8-11,15H,5-7,12H2,1-4H3. The predicted octanol–water partition coefficient (Wildman–Crippen LogP) is 5.74. The maximum atomic E-state index is 5.78. The molecule has 0 nitrogen and oxygen atoms in total. The summed E-state index contributed by atoms with van der Waals surface area (Å²) in [5.41, 5.74) is 1.34. The first kappa shape index (κ1) is 16.1. The first-order valence-electron chi connectivity index (χ1n) is 6.73. The molecule has 1 rings (SSSR count). The lowest BCUT2D eigenvalue weighted by Gasteiger charge is -2.28. The highest BCUT2D eigenvalue weighted by atomic mass is 35.5. The topological polar surface area (TPSA) is 0 Å². The second kappa shape index (κ2) is 7.61. The van der Waals surface area contributed by atoms with Crippen LogP contribution in [0.25, 0.3) is 0 Å². The van der Waals surface area contributed by atoms with Gasteiger partial charge in [-0.2, -0.15) is 0 Å². The summed E-state index contributed by atoms with van der Waals surface area (Å²) in [6, 6.07) is 8.94. The molecule has 18 heavy (non-hydrogen) atoms. The second-order valence-electron chi connectivity index (χ2n) is 5.97. The minimum atomic E-state index is -1.11. The zero-order valence-electron chi connectivity index (χ0n) is 12.0. The lowest BCUT2D eigenvalue weighted by molar-refractivity contribution is 0.754. The zero-order chi connectivity index (χ0) is 13.6. The van der Waals surface area contributed by atoms with Crippen molar-refractivity contribution < 1.29 is 0 Å². The molecule has 0 fully saturated rings. The fourth-order valence-corrected chi connectivity index (χ4v) is 5.86. The molecule has 0 heterocycles. The van der Waals surface area contributed by atoms with Crippen molar-refractivity contribution in [2.24, 2.45) is 0 Å². The van der Waals surface area contributed by atoms with Crippen molar-refractivity contribution in [1.82, 2.24) is 0 Å². The first-order chi connectivity index (χ1) is 8.43. The Bertz CT molecular complexity index is 343. The van der Waals surface area contributed by atoms with Crippen LogP contribution in [0.5, 0.6) is 0 Å². The Morgan fingerprint density at radius 3 is 2.22 bits per heavy atom. The van der Waals surface area contributed by atoms with E-state index >= 15 is 0 Å². The number of hydrogen-bond acceptors (Lipinski definition) is 1. The van der Waals surface area contributed by atoms with Gasteiger partial charge in [-0.25, -0.2) is 0 Å². The van der Waals surface area contributed by atoms with Crippen LogP contribution in [-0.4, -0.2) is 18.8 Å². The van der Waals surface area contributed by atoms with E-state index in [1.807, 2.05) is 0 Å². The summed E-state index contributed by atoms with van der Waals surface area (Å²) in [5, 5.41) is 0. The van der Waals surface area contributed by atoms with E-state index in [1.165, 1.54) is 23.3 Å². The number of benzene rings is 1. The van der Waals surface area contributed by atoms with Gasteiger partial charge in [-0.1, -0.05) is 43.8 Å². The Hall–Kier alpha value is 0.0769. The lowest BCUT2D eigenvalue weighted by atomic mass is 10.2. The first-order valence-corrected chi connectivity index (χ1v) is 11.7. The van der Waals surface area contributed by atoms with Crippen LogP contribution in [0.2, 0.25) is 19.6 Å². The average Bonchev–Trinajstić information content (AvgIpc) is 2.29. The molecule has 0 amide bonds. The predicted molar refractivity (Wildman–Crippen MR) is 88.7 cm³/mol. The molecule has 3 heteroatoms. The third kappa shape index (κ3) is 5.81. The number of thioether (sulfide) groups is 1. The van der Waals surface area contributed by atoms with Gasteiger partial charge in [0.05, 0.1) is 8.07 Å². The Balaban J connectivity index is 2.63. The van der Waals surface area contributed by atoms with Crippen molar-refractivity contribution in [3.05, 3.63) is 29.8 Å². The summed E-state index contributed by atoms with van der Waals surface area (Å²) in [4.78, 5) is 2.21. The largest absolute Gasteiger partial charge is 0.127 e. The lowest BCUT2D eigenvalue weighted by Crippen LogP contribution is -2.35. The minimum Gasteiger partial charge on any atom is -0.127 e. The molecule has 0 radical (unpaired) electrons. The summed E-state index contributed by atoms with van der Waals surface area (Å²) in [6.07, 6.45) is 3.72. The Labute approximate surface area is 123 Å². The van der Waals surface area contributed by atoms with Crippen LogP contribution in [0.15, 0.2) is 29.2 Å². The van der Waals surface area contributed by atoms with E-state index in [4.69, 9.17) is 11.6 Å². The SMILES string of the molecule is Cc1ccc(SC(CCCCCl)[Si](C)(C)C)cc1. The van der Waals surface area contributed by atoms with Gasteiger partial charge in [0.2, 0.25) is 0 Å². The number of aryl methyl sites for hydroxylation is 1. The van der Waals surface area contributed by atoms with Gasteiger partial charge in [-0.15, -0.1) is 23.4 Å². The molecule has 0 saturated heterocycles. The third-order valence-electron chi connectivity index (χ3n) is 3.12. The van der Waals surface area contributed by atoms with Gasteiger partial charge in [-0.3, -0.25) is 0 Å². The molecule has 0 saturated carbocycles. The summed E-state index contributed by atoms with van der Waals surface area (Å²) in [6.45, 7) is 9.56. The van der Waals surface area contributed by atoms with Gasteiger partial charge in [0.25, 0.3) is 0 Å². The van der Waals surface area contributed by atoms with Crippen molar-refractivity contribution in [1.29, 1.82) is 0 Å². The van der Waals surface area contributed by atoms with Gasteiger partial charge in [-0.05, 0) is 31.9 Å². The van der Waals surface area contributed by atoms with Crippen molar-refractivity contribution in [3.8, 4) is 0 Å². The number of unbranched alkanes of at least 4 members (excludes halogenated alkanes) is 1. The van der Waals surface area contributed by atoms with E-state index in [1.54, 1.807) is 0 Å². The molecule has 0 aliphatic heterocycles. The van der Waals surface area contributed by atoms with Crippen LogP contribution < -0.4 is 0 Å². The zero-order valence-corrected chi connectivity index (χ0v) is 14.6. The number of alkyl halides is 1. The van der Waals surface area contributed by atoms with Gasteiger partial charge >= 0.3 is 0 Å². The van der Waals surface area contributed by atoms with Crippen molar-refractivity contribution in [3.63, 3.8) is 0 Å². The van der Waals surface area contributed by atoms with Crippen LogP contribution in [0.3, 0.4) is 0 Å². The van der Waals surface area contributed by atoms with E-state index in [0.29, 0.717) is 0 Å². The van der Waals surface area contributed by atoms with E-state index < -0.39 is 8.07 Å². The normalized spacial score (nSPS) is 13.6. The van der Waals surface area contributed by atoms with E-state index in [-0.39, 0.29) is 0 Å². The quantitative estimate of drug-likeness (QED) is 0.268. The number of rotatable bonds is 7. The van der Waals surface area contributed by atoms with Crippen LogP contribution in [-0.2, 0) is 0 Å². The van der Waals surface area contributed by atoms with Crippen molar-refractivity contribution in [2.75, 3.05) is 5.88 Å². The van der Waals surface area contributed by atoms with Gasteiger partial charge in [0.1, 0.15) is 0 Å². The highest BCUT2D eigenvalue weighted by Crippen LogP contribution is 2.33. The monoisotopic (exact) mass is 300 g/mol. The van der Waals surface area contributed by atoms with Crippen LogP contribution in [0.4, 0.5) is 0 Å². The molecule has 0 aromatic heterocycles. The molecule has 0 aliphatic rings. The molecule has 102 valence electrons. The van der Waals surface area contributed by atoms with Crippen molar-refractivity contribution in [2.45, 2.75) is 55.6 Å². The smallest absolute Gasteiger partial charge is 0.0591 e. The fourth-order valence-electron chi connectivity index (χ4n) is 1.87. The van der Waals surface area contributed by atoms with Gasteiger partial charge in [0.15, 0.2) is 0 Å². The van der Waals surface area contributed by atoms with E-state index in [0.717, 1.165) is 17.2 Å². The number of halogens is 1. The summed E-state index contributed by atoms with van der Waals surface area (Å²) in [5.74, 6) is 0.799. The highest BCUT2D eigenvalue weighted by molar-refractivity contribution is 8.01. The summed E-state index contributed by atoms with van der Waals surface area (Å²) in [7, 11) is -1.11. The molecule has 0 bridgehead atoms. The molecule has 0 aliphatic carbocycles. The summed E-state index contributed by atoms with van der Waals surface area (Å²) < 4.78 is 0. The third-order valence-corrected chi connectivity index (χ3v) is 9.14. The number of hydrogen-bond donors (Lipinski definition) is 0. The Kier molecular flexibility index (Phi) is 6.82. The highest BCUT2D eigenvalue weighted by Gasteiger charge is 2.27. The van der Waals surface area contributed by atoms with Crippen LogP contribution in [0.1, 0.15) is 24.8 Å². The fraction of sp³-hybridized carbons (Fsp3) is 0.600. The molecule has 1 aromatic carbocycles. The molecule has 1 unspecified atom stereocenters. The molecule has 1 aromatic rings. The average molecular weight is 301 g/mol. The Morgan fingerprint density at radius 1 is 1.11 bits per heavy atom. The molecule has 1 atom stereocenters. The molecular weight excluding hydrogens is 276 g/mol.